The molecule has 0 spiro atoms. The van der Waals surface area contributed by atoms with Crippen LogP contribution in [0, 0.1) is 0 Å². The van der Waals surface area contributed by atoms with E-state index in [1.54, 1.807) is 0 Å². The van der Waals surface area contributed by atoms with Crippen molar-refractivity contribution in [3.05, 3.63) is 35.3 Å². The summed E-state index contributed by atoms with van der Waals surface area (Å²) in [6.45, 7) is 0. The van der Waals surface area contributed by atoms with Crippen LogP contribution in [0.4, 0.5) is 0 Å². The van der Waals surface area contributed by atoms with Crippen molar-refractivity contribution in [2.45, 2.75) is 63.5 Å². The van der Waals surface area contributed by atoms with E-state index in [9.17, 15) is 0 Å². The topological polar surface area (TPSA) is 49.1 Å². The first kappa shape index (κ1) is 13.5. The highest BCUT2D eigenvalue weighted by Crippen LogP contribution is 2.29. The van der Waals surface area contributed by atoms with Gasteiger partial charge in [-0.05, 0) is 69.6 Å². The minimum atomic E-state index is 0.432. The molecule has 2 atom stereocenters. The van der Waals surface area contributed by atoms with E-state index in [0.717, 1.165) is 38.5 Å². The van der Waals surface area contributed by atoms with Gasteiger partial charge in [0.15, 0.2) is 0 Å². The molecular formula is C19H22N4. The standard InChI is InChI=1S/C19H22N4/c1-3-14-10-16-5-7-18(22-16)19-8-6-17(23-19)11-15-4-2-13(21-15)9-12(1)20-14/h9-11,18-19,22H,1-8H2/t18-,19-/m1/s1. The van der Waals surface area contributed by atoms with Gasteiger partial charge in [-0.3, -0.25) is 15.0 Å². The second kappa shape index (κ2) is 5.29. The summed E-state index contributed by atoms with van der Waals surface area (Å²) in [5, 5.41) is 3.71. The van der Waals surface area contributed by atoms with Crippen LogP contribution in [0.5, 0.6) is 0 Å². The predicted octanol–water partition coefficient (Wildman–Crippen LogP) is 3.48. The van der Waals surface area contributed by atoms with Crippen molar-refractivity contribution in [3.8, 4) is 0 Å². The summed E-state index contributed by atoms with van der Waals surface area (Å²) in [7, 11) is 0. The highest BCUT2D eigenvalue weighted by molar-refractivity contribution is 6.03. The van der Waals surface area contributed by atoms with Crippen LogP contribution in [-0.2, 0) is 0 Å². The Morgan fingerprint density at radius 2 is 1.48 bits per heavy atom. The molecule has 23 heavy (non-hydrogen) atoms. The molecule has 0 amide bonds. The maximum atomic E-state index is 4.98. The van der Waals surface area contributed by atoms with Crippen LogP contribution in [0.25, 0.3) is 0 Å². The van der Waals surface area contributed by atoms with Crippen molar-refractivity contribution in [1.29, 1.82) is 0 Å². The molecule has 0 saturated carbocycles. The number of nitrogens with zero attached hydrogens (tertiary/aromatic N) is 3. The number of fused-ring (bicyclic) bond motifs is 6. The third-order valence-corrected chi connectivity index (χ3v) is 5.44. The van der Waals surface area contributed by atoms with Crippen molar-refractivity contribution in [3.63, 3.8) is 0 Å². The molecule has 118 valence electrons. The van der Waals surface area contributed by atoms with E-state index < -0.39 is 0 Å². The zero-order valence-electron chi connectivity index (χ0n) is 13.4. The van der Waals surface area contributed by atoms with Gasteiger partial charge in [0, 0.05) is 40.3 Å². The average Bonchev–Trinajstić information content (AvgIpc) is 3.28. The lowest BCUT2D eigenvalue weighted by Crippen LogP contribution is -2.31. The lowest BCUT2D eigenvalue weighted by atomic mass is 10.0. The van der Waals surface area contributed by atoms with E-state index in [1.807, 2.05) is 0 Å². The first-order chi connectivity index (χ1) is 11.3. The van der Waals surface area contributed by atoms with Gasteiger partial charge in [-0.15, -0.1) is 0 Å². The van der Waals surface area contributed by atoms with Gasteiger partial charge in [0.25, 0.3) is 0 Å². The van der Waals surface area contributed by atoms with Crippen molar-refractivity contribution < 1.29 is 0 Å². The number of hydrogen-bond donors (Lipinski definition) is 1. The molecule has 0 aliphatic carbocycles. The van der Waals surface area contributed by atoms with E-state index >= 15 is 0 Å². The summed E-state index contributed by atoms with van der Waals surface area (Å²) in [6.07, 6.45) is 15.5. The van der Waals surface area contributed by atoms with Crippen molar-refractivity contribution in [2.24, 2.45) is 15.0 Å². The van der Waals surface area contributed by atoms with E-state index in [0.29, 0.717) is 12.1 Å². The van der Waals surface area contributed by atoms with Crippen LogP contribution < -0.4 is 5.32 Å². The SMILES string of the molecule is C1=C2CCC(=N2)C=C2CC[C@@H](N2)[C@H]2CCC(=N2)C=C2CCC1=N2. The van der Waals surface area contributed by atoms with Gasteiger partial charge in [-0.25, -0.2) is 0 Å². The number of allylic oxidation sites excluding steroid dienone is 6. The molecule has 0 aromatic carbocycles. The number of hydrogen-bond acceptors (Lipinski definition) is 4. The second-order valence-corrected chi connectivity index (χ2v) is 7.16. The largest absolute Gasteiger partial charge is 0.383 e. The molecule has 4 heteroatoms. The Labute approximate surface area is 136 Å². The van der Waals surface area contributed by atoms with Crippen LogP contribution in [0.15, 0.2) is 50.3 Å². The van der Waals surface area contributed by atoms with E-state index in [4.69, 9.17) is 15.0 Å². The molecule has 5 aliphatic rings. The summed E-state index contributed by atoms with van der Waals surface area (Å²) in [6, 6.07) is 0.934. The lowest BCUT2D eigenvalue weighted by Gasteiger charge is -2.16. The van der Waals surface area contributed by atoms with Gasteiger partial charge in [-0.2, -0.15) is 0 Å². The van der Waals surface area contributed by atoms with Crippen LogP contribution >= 0.6 is 0 Å². The Morgan fingerprint density at radius 3 is 2.30 bits per heavy atom. The summed E-state index contributed by atoms with van der Waals surface area (Å²) in [5.41, 5.74) is 7.41. The monoisotopic (exact) mass is 306 g/mol. The first-order valence-electron chi connectivity index (χ1n) is 8.92. The van der Waals surface area contributed by atoms with Gasteiger partial charge in [0.2, 0.25) is 0 Å². The third kappa shape index (κ3) is 2.60. The highest BCUT2D eigenvalue weighted by atomic mass is 15.0. The molecule has 1 fully saturated rings. The fourth-order valence-electron chi connectivity index (χ4n) is 4.24. The molecule has 4 nitrogen and oxygen atoms in total. The normalized spacial score (nSPS) is 32.0. The van der Waals surface area contributed by atoms with Gasteiger partial charge < -0.3 is 5.32 Å². The molecule has 1 saturated heterocycles. The zero-order chi connectivity index (χ0) is 15.2. The maximum Gasteiger partial charge on any atom is 0.0707 e. The molecule has 0 unspecified atom stereocenters. The number of rotatable bonds is 0. The highest BCUT2D eigenvalue weighted by Gasteiger charge is 2.30. The Hall–Kier alpha value is -1.97. The lowest BCUT2D eigenvalue weighted by molar-refractivity contribution is 0.492. The van der Waals surface area contributed by atoms with E-state index in [2.05, 4.69) is 23.5 Å². The van der Waals surface area contributed by atoms with Gasteiger partial charge in [0.05, 0.1) is 6.04 Å². The zero-order valence-corrected chi connectivity index (χ0v) is 13.4. The predicted molar refractivity (Wildman–Crippen MR) is 94.2 cm³/mol. The Bertz CT molecular complexity index is 732. The molecule has 1 N–H and O–H groups in total. The van der Waals surface area contributed by atoms with Gasteiger partial charge in [0.1, 0.15) is 0 Å². The summed E-state index contributed by atoms with van der Waals surface area (Å²) in [5.74, 6) is 0. The summed E-state index contributed by atoms with van der Waals surface area (Å²) >= 11 is 0. The fourth-order valence-corrected chi connectivity index (χ4v) is 4.24. The van der Waals surface area contributed by atoms with Crippen molar-refractivity contribution in [1.82, 2.24) is 5.32 Å². The van der Waals surface area contributed by atoms with Gasteiger partial charge in [-0.1, -0.05) is 0 Å². The minimum absolute atomic E-state index is 0.432. The van der Waals surface area contributed by atoms with Crippen LogP contribution in [0.3, 0.4) is 0 Å². The average molecular weight is 306 g/mol. The fraction of sp³-hybridized carbons (Fsp3) is 0.526. The summed E-state index contributed by atoms with van der Waals surface area (Å²) < 4.78 is 0. The third-order valence-electron chi connectivity index (χ3n) is 5.44. The molecule has 0 aromatic heterocycles. The molecule has 5 aliphatic heterocycles. The van der Waals surface area contributed by atoms with Crippen LogP contribution in [0.1, 0.15) is 51.4 Å². The van der Waals surface area contributed by atoms with Crippen LogP contribution in [-0.4, -0.2) is 29.2 Å². The van der Waals surface area contributed by atoms with Crippen molar-refractivity contribution >= 4 is 17.1 Å². The molecule has 0 aromatic rings. The first-order valence-corrected chi connectivity index (χ1v) is 8.92. The van der Waals surface area contributed by atoms with Crippen molar-refractivity contribution in [2.75, 3.05) is 0 Å². The summed E-state index contributed by atoms with van der Waals surface area (Å²) in [4.78, 5) is 14.6. The quantitative estimate of drug-likeness (QED) is 0.732. The minimum Gasteiger partial charge on any atom is -0.383 e. The van der Waals surface area contributed by atoms with E-state index in [1.165, 1.54) is 47.1 Å². The molecule has 5 rings (SSSR count). The van der Waals surface area contributed by atoms with E-state index in [-0.39, 0.29) is 0 Å². The number of nitrogens with one attached hydrogen (secondary N) is 1. The molecular weight excluding hydrogens is 284 g/mol. The van der Waals surface area contributed by atoms with Gasteiger partial charge >= 0.3 is 0 Å². The Balaban J connectivity index is 1.55. The molecule has 8 bridgehead atoms. The second-order valence-electron chi connectivity index (χ2n) is 7.16. The number of aliphatic imine (C=N–C) groups is 3. The Kier molecular flexibility index (Phi) is 3.10. The smallest absolute Gasteiger partial charge is 0.0707 e. The maximum absolute atomic E-state index is 4.98. The molecule has 0 radical (unpaired) electrons. The van der Waals surface area contributed by atoms with Crippen LogP contribution in [0.2, 0.25) is 0 Å². The molecule has 5 heterocycles. The Morgan fingerprint density at radius 1 is 0.739 bits per heavy atom.